The molecule has 0 aromatic rings. The van der Waals surface area contributed by atoms with E-state index in [1.165, 1.54) is 77.0 Å². The minimum atomic E-state index is -2.12. The van der Waals surface area contributed by atoms with Crippen molar-refractivity contribution in [2.24, 2.45) is 0 Å². The number of carbonyl (C=O) groups is 8. The van der Waals surface area contributed by atoms with Gasteiger partial charge < -0.3 is 54.0 Å². The standard InChI is InChI=1S/C77H140N2O17/c1-7-13-19-25-28-31-34-40-43-49-63(92-71(84)52-46-37-22-16-10-4)55-69(82)78-61-77(91-60-66(76(88)89)79-70(83)56-64(93-72(85)53-47-38-23-17-11-5)50-44-41-35-32-29-26-20-14-8-2)58-67(75(90-62-81)68(59-80)96-77)95-74(87)57-65(94-73(86)54-48-39-24-18-12-6)51-45-42-36-33-30-27-21-15-9-3/h62-68,75,80H,7-61H2,1-6H3,(H,78,82)(H,79,83)(H,88,89). The smallest absolute Gasteiger partial charge is 0.328 e. The van der Waals surface area contributed by atoms with Gasteiger partial charge in [-0.3, -0.25) is 33.6 Å². The number of carbonyl (C=O) groups excluding carboxylic acids is 7. The third kappa shape index (κ3) is 48.4. The van der Waals surface area contributed by atoms with Crippen LogP contribution in [0, 0.1) is 0 Å². The Morgan fingerprint density at radius 2 is 0.792 bits per heavy atom. The van der Waals surface area contributed by atoms with Gasteiger partial charge in [-0.05, 0) is 57.8 Å². The molecule has 0 aromatic heterocycles. The molecule has 560 valence electrons. The van der Waals surface area contributed by atoms with E-state index >= 15 is 0 Å². The Balaban J connectivity index is 3.70. The second-order valence-corrected chi connectivity index (χ2v) is 27.5. The zero-order valence-electron chi connectivity index (χ0n) is 61.5. The van der Waals surface area contributed by atoms with Gasteiger partial charge in [-0.25, -0.2) is 4.79 Å². The van der Waals surface area contributed by atoms with Crippen molar-refractivity contribution in [3.05, 3.63) is 0 Å². The number of amides is 2. The van der Waals surface area contributed by atoms with Crippen molar-refractivity contribution in [3.63, 3.8) is 0 Å². The third-order valence-corrected chi connectivity index (χ3v) is 18.4. The number of carboxylic acids is 1. The lowest BCUT2D eigenvalue weighted by Crippen LogP contribution is -2.63. The number of rotatable bonds is 68. The summed E-state index contributed by atoms with van der Waals surface area (Å²) in [4.78, 5) is 108. The highest BCUT2D eigenvalue weighted by molar-refractivity contribution is 5.84. The largest absolute Gasteiger partial charge is 0.480 e. The van der Waals surface area contributed by atoms with Crippen LogP contribution < -0.4 is 10.6 Å². The van der Waals surface area contributed by atoms with Gasteiger partial charge in [0.25, 0.3) is 6.47 Å². The van der Waals surface area contributed by atoms with E-state index in [-0.39, 0.29) is 45.0 Å². The molecule has 0 aromatic carbocycles. The highest BCUT2D eigenvalue weighted by Crippen LogP contribution is 2.35. The molecule has 96 heavy (non-hydrogen) atoms. The zero-order valence-corrected chi connectivity index (χ0v) is 61.5. The minimum absolute atomic E-state index is 0.131. The van der Waals surface area contributed by atoms with Crippen LogP contribution in [-0.4, -0.2) is 127 Å². The highest BCUT2D eigenvalue weighted by atomic mass is 16.7. The lowest BCUT2D eigenvalue weighted by Gasteiger charge is -2.46. The van der Waals surface area contributed by atoms with Gasteiger partial charge in [-0.15, -0.1) is 0 Å². The molecule has 8 atom stereocenters. The van der Waals surface area contributed by atoms with Crippen LogP contribution in [0.3, 0.4) is 0 Å². The fourth-order valence-corrected chi connectivity index (χ4v) is 12.6. The van der Waals surface area contributed by atoms with Crippen LogP contribution in [-0.2, 0) is 71.5 Å². The molecule has 1 heterocycles. The molecule has 1 fully saturated rings. The van der Waals surface area contributed by atoms with Gasteiger partial charge in [0.1, 0.15) is 30.5 Å². The summed E-state index contributed by atoms with van der Waals surface area (Å²) in [5, 5.41) is 27.1. The first kappa shape index (κ1) is 89.7. The Labute approximate surface area is 581 Å². The Hall–Kier alpha value is -4.36. The maximum atomic E-state index is 14.3. The molecule has 1 saturated heterocycles. The van der Waals surface area contributed by atoms with Crippen molar-refractivity contribution in [3.8, 4) is 0 Å². The van der Waals surface area contributed by atoms with Crippen molar-refractivity contribution in [1.29, 1.82) is 0 Å². The Kier molecular flexibility index (Phi) is 57.6. The van der Waals surface area contributed by atoms with E-state index in [1.807, 2.05) is 0 Å². The number of carboxylic acid groups (broad SMARTS) is 1. The van der Waals surface area contributed by atoms with Crippen molar-refractivity contribution in [2.45, 2.75) is 424 Å². The first-order valence-corrected chi connectivity index (χ1v) is 39.2. The molecule has 1 rings (SSSR count). The predicted octanol–water partition coefficient (Wildman–Crippen LogP) is 17.4. The summed E-state index contributed by atoms with van der Waals surface area (Å²) >= 11 is 0. The lowest BCUT2D eigenvalue weighted by atomic mass is 9.94. The minimum Gasteiger partial charge on any atom is -0.480 e. The SMILES string of the molecule is CCCCCCCCCCCC(CC(=O)NCC1(OCC(NC(=O)CC(CCCCCCCCCCC)OC(=O)CCCCCCC)C(=O)O)CC(OC(=O)CC(CCCCCCCCCCC)OC(=O)CCCCCCC)C(OC=O)C(CO)O1)OC(=O)CCCCCCC. The van der Waals surface area contributed by atoms with Crippen molar-refractivity contribution in [2.75, 3.05) is 19.8 Å². The van der Waals surface area contributed by atoms with Gasteiger partial charge in [-0.1, -0.05) is 273 Å². The molecular formula is C77H140N2O17. The van der Waals surface area contributed by atoms with Crippen molar-refractivity contribution in [1.82, 2.24) is 10.6 Å². The molecule has 8 unspecified atom stereocenters. The van der Waals surface area contributed by atoms with E-state index in [0.29, 0.717) is 51.4 Å². The number of nitrogens with one attached hydrogen (secondary N) is 2. The summed E-state index contributed by atoms with van der Waals surface area (Å²) in [6.45, 7) is 10.9. The Bertz CT molecular complexity index is 1980. The normalized spacial score (nSPS) is 17.4. The second-order valence-electron chi connectivity index (χ2n) is 27.5. The van der Waals surface area contributed by atoms with Gasteiger partial charge in [0.15, 0.2) is 17.9 Å². The average Bonchev–Trinajstić information content (AvgIpc) is 0.784. The van der Waals surface area contributed by atoms with Crippen LogP contribution >= 0.6 is 0 Å². The van der Waals surface area contributed by atoms with Crippen LogP contribution in [0.5, 0.6) is 0 Å². The van der Waals surface area contributed by atoms with E-state index in [1.54, 1.807) is 0 Å². The zero-order chi connectivity index (χ0) is 70.5. The van der Waals surface area contributed by atoms with E-state index in [9.17, 15) is 48.6 Å². The van der Waals surface area contributed by atoms with E-state index < -0.39 is 116 Å². The van der Waals surface area contributed by atoms with E-state index in [4.69, 9.17) is 33.2 Å². The predicted molar refractivity (Wildman–Crippen MR) is 378 cm³/mol. The molecule has 19 nitrogen and oxygen atoms in total. The number of hydrogen-bond donors (Lipinski definition) is 4. The molecule has 2 amide bonds. The molecule has 4 N–H and O–H groups in total. The van der Waals surface area contributed by atoms with Gasteiger partial charge >= 0.3 is 29.8 Å². The maximum Gasteiger partial charge on any atom is 0.328 e. The van der Waals surface area contributed by atoms with Gasteiger partial charge in [0, 0.05) is 25.7 Å². The van der Waals surface area contributed by atoms with Gasteiger partial charge in [0.2, 0.25) is 11.8 Å². The third-order valence-electron chi connectivity index (χ3n) is 18.4. The summed E-state index contributed by atoms with van der Waals surface area (Å²) in [7, 11) is 0. The number of hydrogen-bond acceptors (Lipinski definition) is 16. The number of aliphatic carboxylic acids is 1. The van der Waals surface area contributed by atoms with Crippen molar-refractivity contribution < 1.29 is 81.7 Å². The molecule has 19 heteroatoms. The quantitative estimate of drug-likeness (QED) is 0.0191. The molecule has 1 aliphatic heterocycles. The molecule has 0 bridgehead atoms. The van der Waals surface area contributed by atoms with Gasteiger partial charge in [-0.2, -0.15) is 0 Å². The number of unbranched alkanes of at least 4 members (excludes halogenated alkanes) is 36. The molecule has 0 spiro atoms. The molecule has 1 aliphatic rings. The maximum absolute atomic E-state index is 14.3. The average molecular weight is 1370 g/mol. The number of aliphatic hydroxyl groups excluding tert-OH is 1. The molecule has 0 radical (unpaired) electrons. The van der Waals surface area contributed by atoms with Crippen molar-refractivity contribution >= 4 is 48.1 Å². The fourth-order valence-electron chi connectivity index (χ4n) is 12.6. The summed E-state index contributed by atoms with van der Waals surface area (Å²) in [5.41, 5.74) is 0. The number of esters is 4. The number of aliphatic hydroxyl groups is 1. The summed E-state index contributed by atoms with van der Waals surface area (Å²) in [6.07, 6.45) is 36.5. The Morgan fingerprint density at radius 1 is 0.458 bits per heavy atom. The second kappa shape index (κ2) is 61.7. The van der Waals surface area contributed by atoms with Crippen LogP contribution in [0.4, 0.5) is 0 Å². The molecular weight excluding hydrogens is 1220 g/mol. The van der Waals surface area contributed by atoms with Crippen LogP contribution in [0.25, 0.3) is 0 Å². The first-order valence-electron chi connectivity index (χ1n) is 39.2. The Morgan fingerprint density at radius 3 is 1.14 bits per heavy atom. The summed E-state index contributed by atoms with van der Waals surface area (Å²) < 4.78 is 42.5. The number of ether oxygens (including phenoxy) is 7. The van der Waals surface area contributed by atoms with Crippen LogP contribution in [0.1, 0.15) is 375 Å². The van der Waals surface area contributed by atoms with Crippen LogP contribution in [0.15, 0.2) is 0 Å². The van der Waals surface area contributed by atoms with E-state index in [0.717, 1.165) is 161 Å². The van der Waals surface area contributed by atoms with E-state index in [2.05, 4.69) is 52.2 Å². The summed E-state index contributed by atoms with van der Waals surface area (Å²) in [5.74, 6) is -6.94. The molecule has 0 aliphatic carbocycles. The first-order chi connectivity index (χ1) is 46.6. The molecule has 0 saturated carbocycles. The monoisotopic (exact) mass is 1370 g/mol. The van der Waals surface area contributed by atoms with Crippen LogP contribution in [0.2, 0.25) is 0 Å². The topological polar surface area (TPSA) is 266 Å². The highest BCUT2D eigenvalue weighted by Gasteiger charge is 2.52. The van der Waals surface area contributed by atoms with Gasteiger partial charge in [0.05, 0.1) is 39.0 Å². The fraction of sp³-hybridized carbons (Fsp3) is 0.896. The summed E-state index contributed by atoms with van der Waals surface area (Å²) in [6, 6.07) is -1.74. The lowest BCUT2D eigenvalue weighted by molar-refractivity contribution is -0.322.